The van der Waals surface area contributed by atoms with Crippen molar-refractivity contribution in [2.75, 3.05) is 0 Å². The van der Waals surface area contributed by atoms with Gasteiger partial charge in [0.1, 0.15) is 6.04 Å². The van der Waals surface area contributed by atoms with E-state index in [-0.39, 0.29) is 5.92 Å². The van der Waals surface area contributed by atoms with Crippen molar-refractivity contribution in [1.29, 1.82) is 0 Å². The minimum absolute atomic E-state index is 0.232. The summed E-state index contributed by atoms with van der Waals surface area (Å²) in [5.74, 6) is -0.739. The second kappa shape index (κ2) is 8.51. The molecule has 3 aromatic rings. The summed E-state index contributed by atoms with van der Waals surface area (Å²) in [5, 5.41) is 13.5. The van der Waals surface area contributed by atoms with E-state index in [0.717, 1.165) is 23.2 Å². The Balaban J connectivity index is 1.43. The van der Waals surface area contributed by atoms with Gasteiger partial charge >= 0.3 is 5.97 Å². The summed E-state index contributed by atoms with van der Waals surface area (Å²) in [7, 11) is 0. The molecule has 0 spiro atoms. The maximum absolute atomic E-state index is 10.9. The molecule has 0 saturated heterocycles. The highest BCUT2D eigenvalue weighted by atomic mass is 16.4. The van der Waals surface area contributed by atoms with Crippen molar-refractivity contribution in [1.82, 2.24) is 9.78 Å². The molecule has 1 aliphatic carbocycles. The molecule has 1 aromatic heterocycles. The first-order chi connectivity index (χ1) is 14.5. The van der Waals surface area contributed by atoms with Gasteiger partial charge < -0.3 is 10.8 Å². The molecule has 0 fully saturated rings. The fraction of sp³-hybridized carbons (Fsp3) is 0.200. The van der Waals surface area contributed by atoms with E-state index in [9.17, 15) is 4.79 Å². The van der Waals surface area contributed by atoms with E-state index >= 15 is 0 Å². The molecule has 5 heteroatoms. The number of aryl methyl sites for hydroxylation is 1. The first-order valence-corrected chi connectivity index (χ1v) is 10.1. The molecule has 152 valence electrons. The zero-order chi connectivity index (χ0) is 21.1. The number of allylic oxidation sites excluding steroid dienone is 3. The van der Waals surface area contributed by atoms with Crippen LogP contribution in [-0.4, -0.2) is 26.9 Å². The first kappa shape index (κ1) is 19.9. The molecule has 1 aliphatic rings. The molecular formula is C25H25N3O2. The van der Waals surface area contributed by atoms with Crippen LogP contribution in [0, 0.1) is 6.92 Å². The molecule has 0 aliphatic heterocycles. The molecule has 0 saturated carbocycles. The minimum Gasteiger partial charge on any atom is -0.480 e. The third-order valence-electron chi connectivity index (χ3n) is 5.50. The lowest BCUT2D eigenvalue weighted by molar-refractivity contribution is -0.138. The number of nitrogens with zero attached hydrogens (tertiary/aromatic N) is 2. The molecule has 4 rings (SSSR count). The highest BCUT2D eigenvalue weighted by Gasteiger charge is 2.17. The lowest BCUT2D eigenvalue weighted by Gasteiger charge is -2.16. The van der Waals surface area contributed by atoms with E-state index in [1.54, 1.807) is 0 Å². The van der Waals surface area contributed by atoms with Crippen molar-refractivity contribution in [2.45, 2.75) is 31.7 Å². The van der Waals surface area contributed by atoms with Gasteiger partial charge in [0.05, 0.1) is 11.9 Å². The molecule has 3 N–H and O–H groups in total. The topological polar surface area (TPSA) is 81.1 Å². The summed E-state index contributed by atoms with van der Waals surface area (Å²) < 4.78 is 1.89. The number of aliphatic carboxylic acids is 1. The van der Waals surface area contributed by atoms with Gasteiger partial charge in [0.25, 0.3) is 0 Å². The van der Waals surface area contributed by atoms with Gasteiger partial charge in [-0.25, -0.2) is 4.68 Å². The van der Waals surface area contributed by atoms with Gasteiger partial charge in [-0.05, 0) is 48.6 Å². The lowest BCUT2D eigenvalue weighted by Crippen LogP contribution is -2.30. The van der Waals surface area contributed by atoms with Crippen molar-refractivity contribution in [3.63, 3.8) is 0 Å². The monoisotopic (exact) mass is 399 g/mol. The molecule has 30 heavy (non-hydrogen) atoms. The summed E-state index contributed by atoms with van der Waals surface area (Å²) in [6, 6.07) is 16.0. The van der Waals surface area contributed by atoms with Gasteiger partial charge in [-0.3, -0.25) is 4.79 Å². The number of hydrogen-bond acceptors (Lipinski definition) is 3. The Labute approximate surface area is 176 Å². The second-order valence-electron chi connectivity index (χ2n) is 7.76. The van der Waals surface area contributed by atoms with E-state index in [4.69, 9.17) is 10.8 Å². The Morgan fingerprint density at radius 3 is 2.43 bits per heavy atom. The van der Waals surface area contributed by atoms with E-state index in [1.807, 2.05) is 17.0 Å². The number of benzene rings is 2. The zero-order valence-electron chi connectivity index (χ0n) is 16.9. The van der Waals surface area contributed by atoms with E-state index in [1.165, 1.54) is 16.7 Å². The third-order valence-corrected chi connectivity index (χ3v) is 5.50. The van der Waals surface area contributed by atoms with Crippen LogP contribution in [0.2, 0.25) is 0 Å². The number of carboxylic acids is 1. The Morgan fingerprint density at radius 2 is 1.83 bits per heavy atom. The van der Waals surface area contributed by atoms with E-state index in [2.05, 4.69) is 78.9 Å². The van der Waals surface area contributed by atoms with Crippen molar-refractivity contribution >= 4 is 5.97 Å². The van der Waals surface area contributed by atoms with Gasteiger partial charge in [0, 0.05) is 12.1 Å². The highest BCUT2D eigenvalue weighted by Crippen LogP contribution is 2.29. The summed E-state index contributed by atoms with van der Waals surface area (Å²) in [5.41, 5.74) is 12.4. The SMILES string of the molecule is Cc1ccc(-c2ccc(-n3cc(C4C=CC(C[C@H](N)C(=O)O)=CC4)cn3)cc2)cc1. The van der Waals surface area contributed by atoms with E-state index in [0.29, 0.717) is 6.42 Å². The van der Waals surface area contributed by atoms with E-state index < -0.39 is 12.0 Å². The van der Waals surface area contributed by atoms with Crippen LogP contribution in [-0.2, 0) is 4.79 Å². The number of nitrogens with two attached hydrogens (primary N) is 1. The molecule has 0 bridgehead atoms. The van der Waals surface area contributed by atoms with Crippen LogP contribution < -0.4 is 5.73 Å². The lowest BCUT2D eigenvalue weighted by atomic mass is 9.90. The predicted molar refractivity (Wildman–Crippen MR) is 119 cm³/mol. The van der Waals surface area contributed by atoms with Gasteiger partial charge in [0.2, 0.25) is 0 Å². The average Bonchev–Trinajstić information content (AvgIpc) is 3.25. The number of hydrogen-bond donors (Lipinski definition) is 2. The van der Waals surface area contributed by atoms with Crippen LogP contribution in [0.5, 0.6) is 0 Å². The molecule has 1 heterocycles. The molecule has 0 amide bonds. The van der Waals surface area contributed by atoms with Gasteiger partial charge in [-0.15, -0.1) is 0 Å². The quantitative estimate of drug-likeness (QED) is 0.634. The van der Waals surface area contributed by atoms with Crippen molar-refractivity contribution in [3.05, 3.63) is 95.9 Å². The Morgan fingerprint density at radius 1 is 1.17 bits per heavy atom. The fourth-order valence-electron chi connectivity index (χ4n) is 3.63. The Bertz CT molecular complexity index is 1090. The predicted octanol–water partition coefficient (Wildman–Crippen LogP) is 4.62. The van der Waals surface area contributed by atoms with Gasteiger partial charge in [0.15, 0.2) is 0 Å². The number of rotatable bonds is 6. The molecular weight excluding hydrogens is 374 g/mol. The average molecular weight is 399 g/mol. The molecule has 1 unspecified atom stereocenters. The Hall–Kier alpha value is -3.44. The minimum atomic E-state index is -0.971. The normalized spacial score (nSPS) is 16.9. The van der Waals surface area contributed by atoms with Crippen LogP contribution >= 0.6 is 0 Å². The fourth-order valence-corrected chi connectivity index (χ4v) is 3.63. The number of carbonyl (C=O) groups is 1. The summed E-state index contributed by atoms with van der Waals surface area (Å²) in [4.78, 5) is 10.9. The largest absolute Gasteiger partial charge is 0.480 e. The van der Waals surface area contributed by atoms with Crippen molar-refractivity contribution < 1.29 is 9.90 Å². The highest BCUT2D eigenvalue weighted by molar-refractivity contribution is 5.73. The van der Waals surface area contributed by atoms with Crippen LogP contribution in [0.25, 0.3) is 16.8 Å². The summed E-state index contributed by atoms with van der Waals surface area (Å²) in [6.45, 7) is 2.09. The number of carboxylic acid groups (broad SMARTS) is 1. The van der Waals surface area contributed by atoms with Crippen LogP contribution in [0.15, 0.2) is 84.7 Å². The molecule has 2 aromatic carbocycles. The van der Waals surface area contributed by atoms with Crippen LogP contribution in [0.1, 0.15) is 29.9 Å². The second-order valence-corrected chi connectivity index (χ2v) is 7.76. The van der Waals surface area contributed by atoms with Crippen molar-refractivity contribution in [2.24, 2.45) is 5.73 Å². The maximum atomic E-state index is 10.9. The Kier molecular flexibility index (Phi) is 5.63. The standard InChI is InChI=1S/C25H25N3O2/c1-17-2-6-19(7-3-17)20-10-12-23(13-11-20)28-16-22(15-27-28)21-8-4-18(5-9-21)14-24(26)25(29)30/h2-8,10-13,15-16,21,24H,9,14,26H2,1H3,(H,29,30)/t21?,24-/m0/s1. The van der Waals surface area contributed by atoms with Gasteiger partial charge in [-0.1, -0.05) is 65.8 Å². The molecule has 2 atom stereocenters. The third kappa shape index (κ3) is 4.42. The smallest absolute Gasteiger partial charge is 0.320 e. The van der Waals surface area contributed by atoms with Crippen LogP contribution in [0.4, 0.5) is 0 Å². The number of aromatic nitrogens is 2. The first-order valence-electron chi connectivity index (χ1n) is 10.1. The maximum Gasteiger partial charge on any atom is 0.320 e. The molecule has 5 nitrogen and oxygen atoms in total. The molecule has 0 radical (unpaired) electrons. The summed E-state index contributed by atoms with van der Waals surface area (Å²) in [6.07, 6.45) is 11.3. The van der Waals surface area contributed by atoms with Crippen molar-refractivity contribution in [3.8, 4) is 16.8 Å². The van der Waals surface area contributed by atoms with Crippen LogP contribution in [0.3, 0.4) is 0 Å². The van der Waals surface area contributed by atoms with Gasteiger partial charge in [-0.2, -0.15) is 5.10 Å². The zero-order valence-corrected chi connectivity index (χ0v) is 16.9. The summed E-state index contributed by atoms with van der Waals surface area (Å²) >= 11 is 0.